The van der Waals surface area contributed by atoms with Crippen molar-refractivity contribution in [2.24, 2.45) is 0 Å². The highest BCUT2D eigenvalue weighted by Gasteiger charge is 2.26. The number of nitrogen functional groups attached to an aromatic ring is 1. The fraction of sp³-hybridized carbons (Fsp3) is 0.318. The summed E-state index contributed by atoms with van der Waals surface area (Å²) < 4.78 is 6.69. The third-order valence-electron chi connectivity index (χ3n) is 5.11. The van der Waals surface area contributed by atoms with Crippen molar-refractivity contribution in [3.63, 3.8) is 0 Å². The summed E-state index contributed by atoms with van der Waals surface area (Å²) in [5, 5.41) is 0. The number of rotatable bonds is 7. The molecule has 0 saturated heterocycles. The molecule has 0 aliphatic heterocycles. The van der Waals surface area contributed by atoms with Crippen LogP contribution in [0.25, 0.3) is 0 Å². The summed E-state index contributed by atoms with van der Waals surface area (Å²) in [4.78, 5) is 42.0. The zero-order valence-corrected chi connectivity index (χ0v) is 17.4. The lowest BCUT2D eigenvalue weighted by molar-refractivity contribution is 0.0982. The molecule has 0 radical (unpaired) electrons. The molecular formula is C22H26N4O4. The van der Waals surface area contributed by atoms with E-state index in [1.54, 1.807) is 24.3 Å². The van der Waals surface area contributed by atoms with E-state index in [-0.39, 0.29) is 18.1 Å². The van der Waals surface area contributed by atoms with Gasteiger partial charge in [-0.2, -0.15) is 0 Å². The monoisotopic (exact) mass is 410 g/mol. The van der Waals surface area contributed by atoms with Gasteiger partial charge in [0.15, 0.2) is 5.69 Å². The Morgan fingerprint density at radius 2 is 1.97 bits per heavy atom. The lowest BCUT2D eigenvalue weighted by atomic mass is 10.1. The van der Waals surface area contributed by atoms with E-state index >= 15 is 0 Å². The number of carbonyl (C=O) groups excluding carboxylic acids is 1. The smallest absolute Gasteiger partial charge is 0.330 e. The Morgan fingerprint density at radius 1 is 1.20 bits per heavy atom. The van der Waals surface area contributed by atoms with Crippen LogP contribution in [0.1, 0.15) is 47.0 Å². The number of unbranched alkanes of at least 4 members (excludes halogenated alkanes) is 1. The van der Waals surface area contributed by atoms with Gasteiger partial charge in [0, 0.05) is 12.1 Å². The number of carbonyl (C=O) groups is 1. The van der Waals surface area contributed by atoms with Gasteiger partial charge in [-0.25, -0.2) is 4.79 Å². The predicted molar refractivity (Wildman–Crippen MR) is 116 cm³/mol. The van der Waals surface area contributed by atoms with Gasteiger partial charge >= 0.3 is 5.69 Å². The van der Waals surface area contributed by atoms with Gasteiger partial charge in [-0.1, -0.05) is 19.4 Å². The van der Waals surface area contributed by atoms with E-state index in [0.29, 0.717) is 24.3 Å². The van der Waals surface area contributed by atoms with Crippen molar-refractivity contribution >= 4 is 17.4 Å². The Hall–Kier alpha value is -3.55. The van der Waals surface area contributed by atoms with E-state index < -0.39 is 17.2 Å². The first-order valence-electron chi connectivity index (χ1n) is 9.87. The summed E-state index contributed by atoms with van der Waals surface area (Å²) in [6, 6.07) is 8.73. The van der Waals surface area contributed by atoms with Crippen LogP contribution in [0.15, 0.2) is 50.6 Å². The molecule has 0 bridgehead atoms. The third-order valence-corrected chi connectivity index (χ3v) is 5.11. The second kappa shape index (κ2) is 8.86. The predicted octanol–water partition coefficient (Wildman–Crippen LogP) is 2.98. The van der Waals surface area contributed by atoms with E-state index in [2.05, 4.69) is 4.98 Å². The first kappa shape index (κ1) is 21.2. The second-order valence-corrected chi connectivity index (χ2v) is 7.27. The first-order chi connectivity index (χ1) is 14.3. The summed E-state index contributed by atoms with van der Waals surface area (Å²) in [7, 11) is 0. The van der Waals surface area contributed by atoms with Gasteiger partial charge in [0.05, 0.1) is 12.8 Å². The number of nitrogens with zero attached hydrogens (tertiary/aromatic N) is 2. The van der Waals surface area contributed by atoms with Crippen molar-refractivity contribution in [3.8, 4) is 0 Å². The van der Waals surface area contributed by atoms with E-state index in [4.69, 9.17) is 10.2 Å². The van der Waals surface area contributed by atoms with Crippen molar-refractivity contribution in [2.45, 2.75) is 46.7 Å². The fourth-order valence-electron chi connectivity index (χ4n) is 3.22. The van der Waals surface area contributed by atoms with Crippen LogP contribution in [-0.2, 0) is 13.1 Å². The van der Waals surface area contributed by atoms with Crippen LogP contribution in [0.4, 0.5) is 11.5 Å². The van der Waals surface area contributed by atoms with Crippen LogP contribution in [-0.4, -0.2) is 15.5 Å². The summed E-state index contributed by atoms with van der Waals surface area (Å²) in [6.07, 6.45) is 3.04. The number of aromatic nitrogens is 2. The highest BCUT2D eigenvalue weighted by molar-refractivity contribution is 6.07. The van der Waals surface area contributed by atoms with Crippen LogP contribution >= 0.6 is 0 Å². The summed E-state index contributed by atoms with van der Waals surface area (Å²) in [5.41, 5.74) is 7.29. The highest BCUT2D eigenvalue weighted by Crippen LogP contribution is 2.23. The number of hydrogen-bond acceptors (Lipinski definition) is 5. The van der Waals surface area contributed by atoms with Gasteiger partial charge < -0.3 is 10.2 Å². The molecule has 2 aromatic heterocycles. The number of nitrogens with one attached hydrogen (secondary N) is 1. The number of aryl methyl sites for hydroxylation is 2. The van der Waals surface area contributed by atoms with Crippen molar-refractivity contribution in [3.05, 3.63) is 79.9 Å². The molecule has 3 rings (SSSR count). The average molecular weight is 410 g/mol. The number of hydrogen-bond donors (Lipinski definition) is 2. The number of amides is 1. The van der Waals surface area contributed by atoms with Gasteiger partial charge in [-0.15, -0.1) is 0 Å². The van der Waals surface area contributed by atoms with Crippen LogP contribution in [0.3, 0.4) is 0 Å². The molecule has 0 saturated carbocycles. The Balaban J connectivity index is 2.15. The minimum Gasteiger partial charge on any atom is -0.467 e. The van der Waals surface area contributed by atoms with E-state index in [9.17, 15) is 14.4 Å². The van der Waals surface area contributed by atoms with Crippen LogP contribution in [0.2, 0.25) is 0 Å². The third kappa shape index (κ3) is 4.22. The topological polar surface area (TPSA) is 114 Å². The minimum atomic E-state index is -0.714. The Kier molecular flexibility index (Phi) is 6.25. The number of furan rings is 1. The number of aromatic amines is 1. The summed E-state index contributed by atoms with van der Waals surface area (Å²) in [6.45, 7) is 6.20. The number of anilines is 2. The van der Waals surface area contributed by atoms with Gasteiger partial charge in [-0.3, -0.25) is 24.0 Å². The van der Waals surface area contributed by atoms with Crippen molar-refractivity contribution in [1.82, 2.24) is 9.55 Å². The molecule has 0 aliphatic carbocycles. The number of nitrogens with two attached hydrogens (primary N) is 1. The molecule has 0 unspecified atom stereocenters. The largest absolute Gasteiger partial charge is 0.467 e. The van der Waals surface area contributed by atoms with E-state index in [1.165, 1.54) is 15.7 Å². The molecule has 8 nitrogen and oxygen atoms in total. The van der Waals surface area contributed by atoms with Crippen LogP contribution < -0.4 is 21.9 Å². The number of benzene rings is 1. The highest BCUT2D eigenvalue weighted by atomic mass is 16.3. The quantitative estimate of drug-likeness (QED) is 0.621. The van der Waals surface area contributed by atoms with Gasteiger partial charge in [0.2, 0.25) is 0 Å². The summed E-state index contributed by atoms with van der Waals surface area (Å²) in [5.74, 6) is 0.0330. The van der Waals surface area contributed by atoms with Gasteiger partial charge in [0.1, 0.15) is 11.6 Å². The molecular weight excluding hydrogens is 384 g/mol. The minimum absolute atomic E-state index is 0.00197. The molecule has 3 N–H and O–H groups in total. The van der Waals surface area contributed by atoms with Crippen LogP contribution in [0, 0.1) is 13.8 Å². The van der Waals surface area contributed by atoms with E-state index in [0.717, 1.165) is 17.5 Å². The summed E-state index contributed by atoms with van der Waals surface area (Å²) >= 11 is 0. The second-order valence-electron chi connectivity index (χ2n) is 7.27. The SMILES string of the molecule is CCCCn1c(N)c(N(Cc2ccco2)C(=O)c2ccc(C)c(C)c2)c(=O)[nH]c1=O. The van der Waals surface area contributed by atoms with E-state index in [1.807, 2.05) is 26.8 Å². The molecule has 0 fully saturated rings. The molecule has 2 heterocycles. The molecule has 3 aromatic rings. The fourth-order valence-corrected chi connectivity index (χ4v) is 3.22. The average Bonchev–Trinajstić information content (AvgIpc) is 3.21. The Morgan fingerprint density at radius 3 is 2.60 bits per heavy atom. The molecule has 8 heteroatoms. The molecule has 0 spiro atoms. The zero-order chi connectivity index (χ0) is 21.8. The van der Waals surface area contributed by atoms with Gasteiger partial charge in [-0.05, 0) is 55.7 Å². The number of H-pyrrole nitrogens is 1. The molecule has 1 amide bonds. The van der Waals surface area contributed by atoms with Crippen molar-refractivity contribution < 1.29 is 9.21 Å². The Labute approximate surface area is 173 Å². The molecule has 158 valence electrons. The normalized spacial score (nSPS) is 10.9. The van der Waals surface area contributed by atoms with Crippen molar-refractivity contribution in [2.75, 3.05) is 10.6 Å². The maximum absolute atomic E-state index is 13.4. The zero-order valence-electron chi connectivity index (χ0n) is 17.4. The maximum atomic E-state index is 13.4. The first-order valence-corrected chi connectivity index (χ1v) is 9.87. The Bertz CT molecular complexity index is 1160. The molecule has 30 heavy (non-hydrogen) atoms. The van der Waals surface area contributed by atoms with Gasteiger partial charge in [0.25, 0.3) is 11.5 Å². The molecule has 0 aliphatic rings. The van der Waals surface area contributed by atoms with Crippen LogP contribution in [0.5, 0.6) is 0 Å². The lowest BCUT2D eigenvalue weighted by Crippen LogP contribution is -2.41. The molecule has 0 atom stereocenters. The standard InChI is InChI=1S/C22H26N4O4/c1-4-5-10-25-19(23)18(20(27)24-22(25)29)26(13-17-7-6-11-30-17)21(28)16-9-8-14(2)15(3)12-16/h6-9,11-12H,4-5,10,13,23H2,1-3H3,(H,24,27,29). The lowest BCUT2D eigenvalue weighted by Gasteiger charge is -2.24. The maximum Gasteiger partial charge on any atom is 0.330 e. The molecule has 1 aromatic carbocycles. The van der Waals surface area contributed by atoms with Crippen molar-refractivity contribution in [1.29, 1.82) is 0 Å².